The highest BCUT2D eigenvalue weighted by Crippen LogP contribution is 2.32. The second-order valence-electron chi connectivity index (χ2n) is 6.92. The van der Waals surface area contributed by atoms with E-state index in [-0.39, 0.29) is 30.2 Å². The van der Waals surface area contributed by atoms with Gasteiger partial charge in [0.05, 0.1) is 25.4 Å². The van der Waals surface area contributed by atoms with Crippen molar-refractivity contribution in [1.82, 2.24) is 10.6 Å². The Morgan fingerprint density at radius 1 is 1.15 bits per heavy atom. The predicted molar refractivity (Wildman–Crippen MR) is 107 cm³/mol. The van der Waals surface area contributed by atoms with E-state index >= 15 is 0 Å². The molecule has 2 aliphatic heterocycles. The number of benzene rings is 1. The van der Waals surface area contributed by atoms with Gasteiger partial charge in [-0.25, -0.2) is 4.79 Å². The quantitative estimate of drug-likeness (QED) is 0.805. The Morgan fingerprint density at radius 2 is 2.00 bits per heavy atom. The van der Waals surface area contributed by atoms with E-state index in [2.05, 4.69) is 51.7 Å². The minimum Gasteiger partial charge on any atom is -0.373 e. The molecule has 0 aliphatic carbocycles. The molecule has 0 saturated carbocycles. The van der Waals surface area contributed by atoms with Gasteiger partial charge in [0.25, 0.3) is 0 Å². The Kier molecular flexibility index (Phi) is 5.87. The van der Waals surface area contributed by atoms with Gasteiger partial charge >= 0.3 is 6.03 Å². The molecular weight excluding hydrogens is 360 g/mol. The number of fused-ring (bicyclic) bond motifs is 1. The maximum absolute atomic E-state index is 12.2. The van der Waals surface area contributed by atoms with Crippen LogP contribution in [-0.2, 0) is 15.9 Å². The van der Waals surface area contributed by atoms with Crippen LogP contribution in [0.25, 0.3) is 6.08 Å². The summed E-state index contributed by atoms with van der Waals surface area (Å²) in [6.07, 6.45) is 5.02. The van der Waals surface area contributed by atoms with Gasteiger partial charge in [-0.2, -0.15) is 11.3 Å². The van der Waals surface area contributed by atoms with E-state index in [1.165, 1.54) is 11.1 Å². The third-order valence-electron chi connectivity index (χ3n) is 5.03. The first-order valence-corrected chi connectivity index (χ1v) is 10.3. The molecule has 2 amide bonds. The second kappa shape index (κ2) is 8.69. The van der Waals surface area contributed by atoms with Crippen molar-refractivity contribution in [3.05, 3.63) is 64.4 Å². The van der Waals surface area contributed by atoms with Crippen LogP contribution in [0.3, 0.4) is 0 Å². The molecule has 4 atom stereocenters. The van der Waals surface area contributed by atoms with Gasteiger partial charge in [-0.05, 0) is 34.4 Å². The maximum Gasteiger partial charge on any atom is 0.315 e. The van der Waals surface area contributed by atoms with E-state index in [1.807, 2.05) is 18.2 Å². The van der Waals surface area contributed by atoms with E-state index in [4.69, 9.17) is 9.47 Å². The van der Waals surface area contributed by atoms with Crippen molar-refractivity contribution < 1.29 is 14.3 Å². The van der Waals surface area contributed by atoms with Gasteiger partial charge in [0.1, 0.15) is 6.10 Å². The SMILES string of the molecule is O=C(NCCc1ccccc1)N[C@H]1CO[C@H]2[C@@H]1OC[C@@H]2C=Cc1ccsc1. The number of nitrogens with one attached hydrogen (secondary N) is 2. The van der Waals surface area contributed by atoms with Crippen molar-refractivity contribution in [3.63, 3.8) is 0 Å². The van der Waals surface area contributed by atoms with Crippen molar-refractivity contribution in [1.29, 1.82) is 0 Å². The Labute approximate surface area is 163 Å². The normalized spacial score (nSPS) is 27.0. The number of thiophene rings is 1. The number of ether oxygens (including phenoxy) is 2. The monoisotopic (exact) mass is 384 g/mol. The van der Waals surface area contributed by atoms with Crippen molar-refractivity contribution in [2.75, 3.05) is 19.8 Å². The van der Waals surface area contributed by atoms with E-state index in [9.17, 15) is 4.79 Å². The molecule has 5 nitrogen and oxygen atoms in total. The zero-order valence-corrected chi connectivity index (χ0v) is 15.9. The second-order valence-corrected chi connectivity index (χ2v) is 7.70. The van der Waals surface area contributed by atoms with Crippen LogP contribution in [-0.4, -0.2) is 44.0 Å². The van der Waals surface area contributed by atoms with Crippen LogP contribution in [0.4, 0.5) is 4.79 Å². The van der Waals surface area contributed by atoms with Crippen LogP contribution in [0.2, 0.25) is 0 Å². The Hall–Kier alpha value is -2.15. The molecule has 1 aromatic heterocycles. The molecule has 6 heteroatoms. The number of amides is 2. The summed E-state index contributed by atoms with van der Waals surface area (Å²) in [5, 5.41) is 10.1. The van der Waals surface area contributed by atoms with Crippen LogP contribution in [0.15, 0.2) is 53.2 Å². The molecule has 2 N–H and O–H groups in total. The molecule has 3 heterocycles. The highest BCUT2D eigenvalue weighted by molar-refractivity contribution is 7.08. The molecule has 142 valence electrons. The number of hydrogen-bond donors (Lipinski definition) is 2. The van der Waals surface area contributed by atoms with E-state index in [0.717, 1.165) is 6.42 Å². The average molecular weight is 385 g/mol. The van der Waals surface area contributed by atoms with Crippen LogP contribution in [0.5, 0.6) is 0 Å². The molecule has 2 aliphatic rings. The van der Waals surface area contributed by atoms with Gasteiger partial charge in [-0.15, -0.1) is 0 Å². The fourth-order valence-electron chi connectivity index (χ4n) is 3.61. The molecule has 4 rings (SSSR count). The summed E-state index contributed by atoms with van der Waals surface area (Å²) < 4.78 is 11.9. The smallest absolute Gasteiger partial charge is 0.315 e. The summed E-state index contributed by atoms with van der Waals surface area (Å²) >= 11 is 1.69. The molecule has 0 spiro atoms. The van der Waals surface area contributed by atoms with Crippen molar-refractivity contribution in [2.24, 2.45) is 5.92 Å². The predicted octanol–water partition coefficient (Wildman–Crippen LogP) is 3.09. The summed E-state index contributed by atoms with van der Waals surface area (Å²) in [6, 6.07) is 11.9. The van der Waals surface area contributed by atoms with Crippen LogP contribution in [0, 0.1) is 5.92 Å². The van der Waals surface area contributed by atoms with Gasteiger partial charge in [0.15, 0.2) is 0 Å². The molecule has 27 heavy (non-hydrogen) atoms. The molecule has 2 fully saturated rings. The van der Waals surface area contributed by atoms with Gasteiger partial charge in [0, 0.05) is 12.5 Å². The van der Waals surface area contributed by atoms with Crippen molar-refractivity contribution in [3.8, 4) is 0 Å². The van der Waals surface area contributed by atoms with Crippen LogP contribution >= 0.6 is 11.3 Å². The first-order chi connectivity index (χ1) is 13.3. The highest BCUT2D eigenvalue weighted by Gasteiger charge is 2.47. The largest absolute Gasteiger partial charge is 0.373 e. The number of urea groups is 1. The molecule has 2 aromatic rings. The van der Waals surface area contributed by atoms with Gasteiger partial charge in [-0.1, -0.05) is 42.5 Å². The number of carbonyl (C=O) groups excluding carboxylic acids is 1. The van der Waals surface area contributed by atoms with E-state index < -0.39 is 0 Å². The fraction of sp³-hybridized carbons (Fsp3) is 0.381. The summed E-state index contributed by atoms with van der Waals surface area (Å²) in [4.78, 5) is 12.2. The molecule has 0 unspecified atom stereocenters. The van der Waals surface area contributed by atoms with E-state index in [0.29, 0.717) is 19.8 Å². The van der Waals surface area contributed by atoms with Gasteiger partial charge in [-0.3, -0.25) is 0 Å². The minimum atomic E-state index is -0.166. The average Bonchev–Trinajstić information content (AvgIpc) is 3.40. The van der Waals surface area contributed by atoms with Crippen LogP contribution < -0.4 is 10.6 Å². The van der Waals surface area contributed by atoms with E-state index in [1.54, 1.807) is 11.3 Å². The lowest BCUT2D eigenvalue weighted by Crippen LogP contribution is -2.48. The third kappa shape index (κ3) is 4.58. The maximum atomic E-state index is 12.2. The lowest BCUT2D eigenvalue weighted by atomic mass is 9.99. The molecule has 1 aromatic carbocycles. The summed E-state index contributed by atoms with van der Waals surface area (Å²) in [5.74, 6) is 0.225. The zero-order valence-electron chi connectivity index (χ0n) is 15.0. The number of rotatable bonds is 6. The lowest BCUT2D eigenvalue weighted by molar-refractivity contribution is 0.0661. The van der Waals surface area contributed by atoms with Crippen molar-refractivity contribution in [2.45, 2.75) is 24.7 Å². The first-order valence-electron chi connectivity index (χ1n) is 9.31. The molecular formula is C21H24N2O3S. The summed E-state index contributed by atoms with van der Waals surface area (Å²) in [6.45, 7) is 1.72. The summed E-state index contributed by atoms with van der Waals surface area (Å²) in [5.41, 5.74) is 2.41. The zero-order chi connectivity index (χ0) is 18.5. The fourth-order valence-corrected chi connectivity index (χ4v) is 4.24. The number of hydrogen-bond acceptors (Lipinski definition) is 4. The van der Waals surface area contributed by atoms with Gasteiger partial charge < -0.3 is 20.1 Å². The molecule has 2 saturated heterocycles. The highest BCUT2D eigenvalue weighted by atomic mass is 32.1. The van der Waals surface area contributed by atoms with Gasteiger partial charge in [0.2, 0.25) is 0 Å². The van der Waals surface area contributed by atoms with Crippen molar-refractivity contribution >= 4 is 23.4 Å². The molecule has 0 radical (unpaired) electrons. The Bertz CT molecular complexity index is 763. The first kappa shape index (κ1) is 18.2. The number of carbonyl (C=O) groups is 1. The topological polar surface area (TPSA) is 59.6 Å². The van der Waals surface area contributed by atoms with Crippen LogP contribution in [0.1, 0.15) is 11.1 Å². The summed E-state index contributed by atoms with van der Waals surface area (Å²) in [7, 11) is 0. The Morgan fingerprint density at radius 3 is 2.81 bits per heavy atom. The lowest BCUT2D eigenvalue weighted by Gasteiger charge is -2.18. The third-order valence-corrected chi connectivity index (χ3v) is 5.73. The Balaban J connectivity index is 1.23. The standard InChI is InChI=1S/C21H24N2O3S/c24-21(22-10-8-15-4-2-1-3-5-15)23-18-13-26-19-17(12-25-20(18)19)7-6-16-9-11-27-14-16/h1-7,9,11,14,17-20H,8,10,12-13H2,(H2,22,23,24)/t17-,18-,19+,20+/m0/s1. The molecule has 0 bridgehead atoms. The minimum absolute atomic E-state index is 0.00880.